The maximum Gasteiger partial charge on any atom is 0.0580 e. The minimum Gasteiger partial charge on any atom is -0.399 e. The van der Waals surface area contributed by atoms with E-state index in [9.17, 15) is 0 Å². The molecule has 106 valence electrons. The van der Waals surface area contributed by atoms with Crippen molar-refractivity contribution in [2.24, 2.45) is 11.8 Å². The number of nitrogens with two attached hydrogens (primary N) is 1. The van der Waals surface area contributed by atoms with Crippen molar-refractivity contribution in [3.05, 3.63) is 29.8 Å². The van der Waals surface area contributed by atoms with E-state index in [2.05, 4.69) is 26.0 Å². The highest BCUT2D eigenvalue weighted by atomic mass is 16.5. The molecule has 0 saturated heterocycles. The first-order chi connectivity index (χ1) is 9.13. The van der Waals surface area contributed by atoms with Gasteiger partial charge in [-0.15, -0.1) is 0 Å². The molecule has 2 N–H and O–H groups in total. The highest BCUT2D eigenvalue weighted by molar-refractivity contribution is 5.40. The Hall–Kier alpha value is -1.02. The molecule has 2 unspecified atom stereocenters. The average molecular weight is 261 g/mol. The standard InChI is InChI=1S/C17H27NO/c1-13-9-14(2)11-17(10-13)19-8-4-6-15-5-3-7-16(18)12-15/h3,5,7,12-14,17H,4,6,8-11,18H2,1-2H3. The molecule has 0 heterocycles. The maximum absolute atomic E-state index is 6.04. The topological polar surface area (TPSA) is 35.2 Å². The van der Waals surface area contributed by atoms with Gasteiger partial charge in [-0.25, -0.2) is 0 Å². The molecule has 0 aliphatic heterocycles. The van der Waals surface area contributed by atoms with Crippen molar-refractivity contribution < 1.29 is 4.74 Å². The van der Waals surface area contributed by atoms with Crippen LogP contribution in [-0.2, 0) is 11.2 Å². The van der Waals surface area contributed by atoms with Gasteiger partial charge in [0.25, 0.3) is 0 Å². The van der Waals surface area contributed by atoms with Gasteiger partial charge in [-0.3, -0.25) is 0 Å². The number of anilines is 1. The number of ether oxygens (including phenoxy) is 1. The second kappa shape index (κ2) is 6.95. The SMILES string of the molecule is CC1CC(C)CC(OCCCc2cccc(N)c2)C1. The fourth-order valence-electron chi connectivity index (χ4n) is 3.28. The summed E-state index contributed by atoms with van der Waals surface area (Å²) >= 11 is 0. The summed E-state index contributed by atoms with van der Waals surface area (Å²) in [5.41, 5.74) is 7.95. The van der Waals surface area contributed by atoms with E-state index in [1.165, 1.54) is 24.8 Å². The van der Waals surface area contributed by atoms with Crippen molar-refractivity contribution in [1.82, 2.24) is 0 Å². The lowest BCUT2D eigenvalue weighted by molar-refractivity contribution is 0.000148. The van der Waals surface area contributed by atoms with Crippen LogP contribution in [-0.4, -0.2) is 12.7 Å². The lowest BCUT2D eigenvalue weighted by Crippen LogP contribution is -2.26. The van der Waals surface area contributed by atoms with E-state index in [0.717, 1.165) is 37.0 Å². The summed E-state index contributed by atoms with van der Waals surface area (Å²) in [6, 6.07) is 8.16. The summed E-state index contributed by atoms with van der Waals surface area (Å²) in [5, 5.41) is 0. The van der Waals surface area contributed by atoms with E-state index in [0.29, 0.717) is 6.10 Å². The van der Waals surface area contributed by atoms with Crippen molar-refractivity contribution in [2.75, 3.05) is 12.3 Å². The number of hydrogen-bond donors (Lipinski definition) is 1. The van der Waals surface area contributed by atoms with Crippen molar-refractivity contribution in [3.63, 3.8) is 0 Å². The molecular formula is C17H27NO. The Balaban J connectivity index is 1.66. The zero-order chi connectivity index (χ0) is 13.7. The van der Waals surface area contributed by atoms with Crippen LogP contribution >= 0.6 is 0 Å². The third-order valence-corrected chi connectivity index (χ3v) is 4.05. The Bertz CT molecular complexity index is 381. The van der Waals surface area contributed by atoms with Gasteiger partial charge in [0.05, 0.1) is 6.10 Å². The van der Waals surface area contributed by atoms with Crippen LogP contribution in [0.4, 0.5) is 5.69 Å². The first-order valence-corrected chi connectivity index (χ1v) is 7.59. The summed E-state index contributed by atoms with van der Waals surface area (Å²) in [5.74, 6) is 1.64. The van der Waals surface area contributed by atoms with Gasteiger partial charge in [-0.2, -0.15) is 0 Å². The molecule has 2 heteroatoms. The summed E-state index contributed by atoms with van der Waals surface area (Å²) < 4.78 is 6.04. The summed E-state index contributed by atoms with van der Waals surface area (Å²) in [6.07, 6.45) is 6.47. The minimum atomic E-state index is 0.486. The quantitative estimate of drug-likeness (QED) is 0.641. The lowest BCUT2D eigenvalue weighted by atomic mass is 9.82. The van der Waals surface area contributed by atoms with Gasteiger partial charge in [0, 0.05) is 12.3 Å². The highest BCUT2D eigenvalue weighted by Gasteiger charge is 2.24. The van der Waals surface area contributed by atoms with Gasteiger partial charge in [0.1, 0.15) is 0 Å². The van der Waals surface area contributed by atoms with Gasteiger partial charge in [0.2, 0.25) is 0 Å². The van der Waals surface area contributed by atoms with Crippen LogP contribution in [0.5, 0.6) is 0 Å². The first kappa shape index (κ1) is 14.4. The minimum absolute atomic E-state index is 0.486. The van der Waals surface area contributed by atoms with Gasteiger partial charge in [-0.05, 0) is 61.6 Å². The van der Waals surface area contributed by atoms with Crippen molar-refractivity contribution in [2.45, 2.75) is 52.1 Å². The molecule has 1 aromatic carbocycles. The predicted octanol–water partition coefficient (Wildman–Crippen LogP) is 4.04. The molecular weight excluding hydrogens is 234 g/mol. The molecule has 0 spiro atoms. The Morgan fingerprint density at radius 2 is 1.89 bits per heavy atom. The fourth-order valence-corrected chi connectivity index (χ4v) is 3.28. The second-order valence-electron chi connectivity index (χ2n) is 6.26. The van der Waals surface area contributed by atoms with E-state index in [-0.39, 0.29) is 0 Å². The van der Waals surface area contributed by atoms with Gasteiger partial charge < -0.3 is 10.5 Å². The molecule has 2 atom stereocenters. The number of nitrogen functional groups attached to an aromatic ring is 1. The van der Waals surface area contributed by atoms with Crippen molar-refractivity contribution >= 4 is 5.69 Å². The van der Waals surface area contributed by atoms with E-state index in [4.69, 9.17) is 10.5 Å². The molecule has 0 aromatic heterocycles. The van der Waals surface area contributed by atoms with Gasteiger partial charge >= 0.3 is 0 Å². The maximum atomic E-state index is 6.04. The average Bonchev–Trinajstić information content (AvgIpc) is 2.34. The van der Waals surface area contributed by atoms with E-state index in [1.54, 1.807) is 0 Å². The molecule has 1 aliphatic rings. The second-order valence-corrected chi connectivity index (χ2v) is 6.26. The molecule has 0 bridgehead atoms. The number of hydrogen-bond acceptors (Lipinski definition) is 2. The van der Waals surface area contributed by atoms with Crippen molar-refractivity contribution in [1.29, 1.82) is 0 Å². The van der Waals surface area contributed by atoms with Gasteiger partial charge in [-0.1, -0.05) is 26.0 Å². The van der Waals surface area contributed by atoms with Crippen LogP contribution in [0.1, 0.15) is 45.1 Å². The fraction of sp³-hybridized carbons (Fsp3) is 0.647. The highest BCUT2D eigenvalue weighted by Crippen LogP contribution is 2.30. The first-order valence-electron chi connectivity index (χ1n) is 7.59. The summed E-state index contributed by atoms with van der Waals surface area (Å²) in [4.78, 5) is 0. The van der Waals surface area contributed by atoms with Crippen LogP contribution in [0.2, 0.25) is 0 Å². The third-order valence-electron chi connectivity index (χ3n) is 4.05. The largest absolute Gasteiger partial charge is 0.399 e. The molecule has 19 heavy (non-hydrogen) atoms. The number of benzene rings is 1. The molecule has 1 saturated carbocycles. The molecule has 2 nitrogen and oxygen atoms in total. The van der Waals surface area contributed by atoms with Gasteiger partial charge in [0.15, 0.2) is 0 Å². The van der Waals surface area contributed by atoms with E-state index in [1.807, 2.05) is 12.1 Å². The van der Waals surface area contributed by atoms with E-state index >= 15 is 0 Å². The molecule has 0 amide bonds. The van der Waals surface area contributed by atoms with Crippen LogP contribution in [0.3, 0.4) is 0 Å². The Kier molecular flexibility index (Phi) is 5.26. The predicted molar refractivity (Wildman–Crippen MR) is 81.1 cm³/mol. The third kappa shape index (κ3) is 4.87. The van der Waals surface area contributed by atoms with E-state index < -0.39 is 0 Å². The zero-order valence-electron chi connectivity index (χ0n) is 12.3. The smallest absolute Gasteiger partial charge is 0.0580 e. The van der Waals surface area contributed by atoms with Crippen molar-refractivity contribution in [3.8, 4) is 0 Å². The van der Waals surface area contributed by atoms with Crippen LogP contribution in [0.25, 0.3) is 0 Å². The number of aryl methyl sites for hydroxylation is 1. The van der Waals surface area contributed by atoms with Crippen LogP contribution in [0, 0.1) is 11.8 Å². The normalized spacial score (nSPS) is 27.4. The molecule has 1 aromatic rings. The summed E-state index contributed by atoms with van der Waals surface area (Å²) in [7, 11) is 0. The molecule has 2 rings (SSSR count). The molecule has 1 aliphatic carbocycles. The monoisotopic (exact) mass is 261 g/mol. The molecule has 1 fully saturated rings. The lowest BCUT2D eigenvalue weighted by Gasteiger charge is -2.31. The molecule has 0 radical (unpaired) electrons. The van der Waals surface area contributed by atoms with Crippen LogP contribution in [0.15, 0.2) is 24.3 Å². The summed E-state index contributed by atoms with van der Waals surface area (Å²) in [6.45, 7) is 5.57. The zero-order valence-corrected chi connectivity index (χ0v) is 12.3. The Morgan fingerprint density at radius 3 is 2.58 bits per heavy atom. The van der Waals surface area contributed by atoms with Crippen LogP contribution < -0.4 is 5.73 Å². The Labute approximate surface area is 117 Å². The Morgan fingerprint density at radius 1 is 1.16 bits per heavy atom. The number of rotatable bonds is 5.